The van der Waals surface area contributed by atoms with Crippen molar-refractivity contribution in [2.24, 2.45) is 0 Å². The zero-order valence-corrected chi connectivity index (χ0v) is 18.2. The molecule has 160 valence electrons. The number of piperidine rings is 1. The summed E-state index contributed by atoms with van der Waals surface area (Å²) in [6, 6.07) is 9.59. The number of ether oxygens (including phenoxy) is 3. The summed E-state index contributed by atoms with van der Waals surface area (Å²) in [5.74, 6) is 0.782. The first kappa shape index (κ1) is 20.8. The van der Waals surface area contributed by atoms with Crippen molar-refractivity contribution in [2.75, 3.05) is 19.7 Å². The zero-order chi connectivity index (χ0) is 21.1. The van der Waals surface area contributed by atoms with E-state index in [0.717, 1.165) is 37.0 Å². The van der Waals surface area contributed by atoms with Crippen LogP contribution in [0.25, 0.3) is 0 Å². The van der Waals surface area contributed by atoms with Crippen molar-refractivity contribution in [1.29, 1.82) is 0 Å². The van der Waals surface area contributed by atoms with Gasteiger partial charge in [-0.15, -0.1) is 0 Å². The van der Waals surface area contributed by atoms with Gasteiger partial charge in [-0.2, -0.15) is 0 Å². The summed E-state index contributed by atoms with van der Waals surface area (Å²) in [6.07, 6.45) is 5.02. The van der Waals surface area contributed by atoms with Gasteiger partial charge in [0.25, 0.3) is 5.79 Å². The van der Waals surface area contributed by atoms with E-state index in [9.17, 15) is 4.79 Å². The largest absolute Gasteiger partial charge is 0.449 e. The molecule has 0 spiro atoms. The topological polar surface area (TPSA) is 60.9 Å². The summed E-state index contributed by atoms with van der Waals surface area (Å²) >= 11 is 5.97. The van der Waals surface area contributed by atoms with Crippen molar-refractivity contribution in [3.63, 3.8) is 0 Å². The lowest BCUT2D eigenvalue weighted by atomic mass is 9.89. The monoisotopic (exact) mass is 430 g/mol. The van der Waals surface area contributed by atoms with E-state index >= 15 is 0 Å². The highest BCUT2D eigenvalue weighted by molar-refractivity contribution is 6.30. The Bertz CT molecular complexity index is 897. The maximum atomic E-state index is 12.2. The van der Waals surface area contributed by atoms with E-state index in [4.69, 9.17) is 25.8 Å². The SMILES string of the molecule is CCCCOC(=O)N1CCC(c2cccc3c2OC(C)(c2ccc(Cl)cn2)O3)CC1. The number of benzene rings is 1. The first-order chi connectivity index (χ1) is 14.5. The third kappa shape index (κ3) is 4.19. The molecule has 2 aliphatic rings. The highest BCUT2D eigenvalue weighted by Crippen LogP contribution is 2.49. The van der Waals surface area contributed by atoms with Crippen LogP contribution in [0.3, 0.4) is 0 Å². The number of carbonyl (C=O) groups is 1. The number of pyridine rings is 1. The first-order valence-corrected chi connectivity index (χ1v) is 10.9. The number of aromatic nitrogens is 1. The average molecular weight is 431 g/mol. The lowest BCUT2D eigenvalue weighted by Crippen LogP contribution is -2.38. The fourth-order valence-corrected chi connectivity index (χ4v) is 4.10. The van der Waals surface area contributed by atoms with Crippen molar-refractivity contribution in [1.82, 2.24) is 9.88 Å². The number of halogens is 1. The van der Waals surface area contributed by atoms with E-state index in [-0.39, 0.29) is 6.09 Å². The predicted molar refractivity (Wildman–Crippen MR) is 114 cm³/mol. The molecular formula is C23H27ClN2O4. The number of rotatable bonds is 5. The number of unbranched alkanes of at least 4 members (excludes halogenated alkanes) is 1. The summed E-state index contributed by atoms with van der Waals surface area (Å²) in [4.78, 5) is 18.4. The summed E-state index contributed by atoms with van der Waals surface area (Å²) in [6.45, 7) is 5.79. The zero-order valence-electron chi connectivity index (χ0n) is 17.4. The Balaban J connectivity index is 1.44. The van der Waals surface area contributed by atoms with Crippen LogP contribution in [0.4, 0.5) is 4.79 Å². The fraction of sp³-hybridized carbons (Fsp3) is 0.478. The van der Waals surface area contributed by atoms with Gasteiger partial charge in [-0.1, -0.05) is 37.1 Å². The summed E-state index contributed by atoms with van der Waals surface area (Å²) in [5, 5.41) is 0.568. The molecule has 0 radical (unpaired) electrons. The molecule has 2 aliphatic heterocycles. The standard InChI is InChI=1S/C23H27ClN2O4/c1-3-4-14-28-22(27)26-12-10-16(11-13-26)18-6-5-7-19-21(18)30-23(2,29-19)20-9-8-17(24)15-25-20/h5-9,15-16H,3-4,10-14H2,1-2H3. The lowest BCUT2D eigenvalue weighted by molar-refractivity contribution is -0.0722. The summed E-state index contributed by atoms with van der Waals surface area (Å²) in [5.41, 5.74) is 1.78. The van der Waals surface area contributed by atoms with Crippen LogP contribution in [0, 0.1) is 0 Å². The third-order valence-corrected chi connectivity index (χ3v) is 5.94. The minimum atomic E-state index is -0.993. The Morgan fingerprint density at radius 1 is 1.27 bits per heavy atom. The van der Waals surface area contributed by atoms with Gasteiger partial charge in [-0.25, -0.2) is 4.79 Å². The van der Waals surface area contributed by atoms with E-state index in [1.54, 1.807) is 17.2 Å². The molecule has 0 saturated carbocycles. The van der Waals surface area contributed by atoms with Gasteiger partial charge >= 0.3 is 6.09 Å². The number of hydrogen-bond donors (Lipinski definition) is 0. The summed E-state index contributed by atoms with van der Waals surface area (Å²) in [7, 11) is 0. The average Bonchev–Trinajstić information content (AvgIpc) is 3.12. The molecule has 2 aromatic rings. The highest BCUT2D eigenvalue weighted by Gasteiger charge is 2.42. The van der Waals surface area contributed by atoms with E-state index in [1.165, 1.54) is 0 Å². The molecule has 4 rings (SSSR count). The Morgan fingerprint density at radius 2 is 2.07 bits per heavy atom. The molecule has 6 nitrogen and oxygen atoms in total. The molecule has 30 heavy (non-hydrogen) atoms. The maximum absolute atomic E-state index is 12.2. The van der Waals surface area contributed by atoms with Crippen LogP contribution in [-0.4, -0.2) is 35.7 Å². The van der Waals surface area contributed by atoms with Crippen LogP contribution in [0.2, 0.25) is 5.02 Å². The lowest BCUT2D eigenvalue weighted by Gasteiger charge is -2.32. The second-order valence-electron chi connectivity index (χ2n) is 7.92. The maximum Gasteiger partial charge on any atom is 0.409 e. The van der Waals surface area contributed by atoms with Crippen molar-refractivity contribution < 1.29 is 19.0 Å². The second kappa shape index (κ2) is 8.72. The van der Waals surface area contributed by atoms with Crippen molar-refractivity contribution >= 4 is 17.7 Å². The number of amides is 1. The molecule has 0 N–H and O–H groups in total. The Labute approximate surface area is 182 Å². The Hall–Kier alpha value is -2.47. The van der Waals surface area contributed by atoms with Crippen molar-refractivity contribution in [3.05, 3.63) is 52.8 Å². The fourth-order valence-electron chi connectivity index (χ4n) is 3.99. The summed E-state index contributed by atoms with van der Waals surface area (Å²) < 4.78 is 17.8. The molecule has 1 unspecified atom stereocenters. The van der Waals surface area contributed by atoms with Crippen molar-refractivity contribution in [2.45, 2.75) is 51.2 Å². The quantitative estimate of drug-likeness (QED) is 0.586. The van der Waals surface area contributed by atoms with Gasteiger partial charge in [0.05, 0.1) is 11.6 Å². The number of hydrogen-bond acceptors (Lipinski definition) is 5. The predicted octanol–water partition coefficient (Wildman–Crippen LogP) is 5.50. The van der Waals surface area contributed by atoms with Crippen LogP contribution in [0.15, 0.2) is 36.5 Å². The number of likely N-dealkylation sites (tertiary alicyclic amines) is 1. The highest BCUT2D eigenvalue weighted by atomic mass is 35.5. The number of fused-ring (bicyclic) bond motifs is 1. The molecule has 1 atom stereocenters. The Morgan fingerprint density at radius 3 is 2.77 bits per heavy atom. The molecule has 1 saturated heterocycles. The van der Waals surface area contributed by atoms with Crippen LogP contribution in [0.1, 0.15) is 56.7 Å². The van der Waals surface area contributed by atoms with E-state index < -0.39 is 5.79 Å². The van der Waals surface area contributed by atoms with Gasteiger partial charge in [0, 0.05) is 31.8 Å². The van der Waals surface area contributed by atoms with Crippen LogP contribution in [-0.2, 0) is 10.5 Å². The third-order valence-electron chi connectivity index (χ3n) is 5.72. The Kier molecular flexibility index (Phi) is 6.04. The van der Waals surface area contributed by atoms with Gasteiger partial charge in [-0.05, 0) is 43.4 Å². The van der Waals surface area contributed by atoms with E-state index in [2.05, 4.69) is 18.0 Å². The minimum absolute atomic E-state index is 0.207. The second-order valence-corrected chi connectivity index (χ2v) is 8.35. The minimum Gasteiger partial charge on any atom is -0.449 e. The number of nitrogens with zero attached hydrogens (tertiary/aromatic N) is 2. The smallest absolute Gasteiger partial charge is 0.409 e. The molecule has 1 amide bonds. The molecule has 0 aliphatic carbocycles. The van der Waals surface area contributed by atoms with E-state index in [1.807, 2.05) is 25.1 Å². The molecular weight excluding hydrogens is 404 g/mol. The molecule has 1 aromatic heterocycles. The van der Waals surface area contributed by atoms with E-state index in [0.29, 0.717) is 42.1 Å². The molecule has 1 aromatic carbocycles. The molecule has 1 fully saturated rings. The van der Waals surface area contributed by atoms with Crippen LogP contribution < -0.4 is 9.47 Å². The van der Waals surface area contributed by atoms with Gasteiger partial charge in [-0.3, -0.25) is 4.98 Å². The van der Waals surface area contributed by atoms with Crippen molar-refractivity contribution in [3.8, 4) is 11.5 Å². The normalized spacial score (nSPS) is 21.0. The van der Waals surface area contributed by atoms with Crippen LogP contribution >= 0.6 is 11.6 Å². The van der Waals surface area contributed by atoms with Gasteiger partial charge in [0.15, 0.2) is 11.5 Å². The molecule has 3 heterocycles. The molecule has 0 bridgehead atoms. The van der Waals surface area contributed by atoms with Gasteiger partial charge in [0.2, 0.25) is 0 Å². The number of carbonyl (C=O) groups excluding carboxylic acids is 1. The van der Waals surface area contributed by atoms with Crippen LogP contribution in [0.5, 0.6) is 11.5 Å². The number of para-hydroxylation sites is 1. The van der Waals surface area contributed by atoms with Gasteiger partial charge in [0.1, 0.15) is 5.69 Å². The van der Waals surface area contributed by atoms with Gasteiger partial charge < -0.3 is 19.1 Å². The molecule has 7 heteroatoms. The first-order valence-electron chi connectivity index (χ1n) is 10.5.